The average molecular weight is 258 g/mol. The second-order valence-electron chi connectivity index (χ2n) is 4.71. The molecule has 0 aliphatic rings. The lowest BCUT2D eigenvalue weighted by Crippen LogP contribution is -2.28. The fourth-order valence-corrected chi connectivity index (χ4v) is 1.99. The molecular weight excluding hydrogens is 240 g/mol. The first kappa shape index (κ1) is 13.3. The van der Waals surface area contributed by atoms with Gasteiger partial charge in [-0.05, 0) is 19.4 Å². The highest BCUT2D eigenvalue weighted by Gasteiger charge is 2.16. The fraction of sp³-hybridized carbons (Fsp3) is 0.333. The van der Waals surface area contributed by atoms with Crippen LogP contribution in [0.3, 0.4) is 0 Å². The van der Waals surface area contributed by atoms with E-state index in [9.17, 15) is 4.79 Å². The van der Waals surface area contributed by atoms with Crippen LogP contribution in [0.15, 0.2) is 34.9 Å². The molecule has 1 amide bonds. The molecule has 19 heavy (non-hydrogen) atoms. The molecule has 0 radical (unpaired) electrons. The van der Waals surface area contributed by atoms with Crippen molar-refractivity contribution in [1.29, 1.82) is 0 Å². The van der Waals surface area contributed by atoms with Crippen molar-refractivity contribution in [3.05, 3.63) is 52.9 Å². The number of benzene rings is 1. The monoisotopic (exact) mass is 258 g/mol. The Morgan fingerprint density at radius 3 is 2.53 bits per heavy atom. The highest BCUT2D eigenvalue weighted by molar-refractivity contribution is 5.78. The average Bonchev–Trinajstić information content (AvgIpc) is 2.71. The third kappa shape index (κ3) is 3.22. The van der Waals surface area contributed by atoms with Crippen LogP contribution in [0, 0.1) is 13.8 Å². The number of aromatic nitrogens is 1. The molecule has 0 unspecified atom stereocenters. The van der Waals surface area contributed by atoms with E-state index in [-0.39, 0.29) is 5.91 Å². The predicted octanol–water partition coefficient (Wildman–Crippen LogP) is 2.49. The van der Waals surface area contributed by atoms with Crippen molar-refractivity contribution in [2.24, 2.45) is 0 Å². The number of aryl methyl sites for hydroxylation is 2. The molecule has 0 saturated heterocycles. The Kier molecular flexibility index (Phi) is 4.00. The number of amides is 1. The Balaban J connectivity index is 2.00. The number of hydrogen-bond acceptors (Lipinski definition) is 3. The van der Waals surface area contributed by atoms with Crippen LogP contribution in [0.1, 0.15) is 22.6 Å². The minimum Gasteiger partial charge on any atom is -0.361 e. The Hall–Kier alpha value is -2.10. The van der Waals surface area contributed by atoms with Crippen LogP contribution >= 0.6 is 0 Å². The summed E-state index contributed by atoms with van der Waals surface area (Å²) in [6.07, 6.45) is 0.338. The number of hydrogen-bond donors (Lipinski definition) is 0. The normalized spacial score (nSPS) is 10.5. The van der Waals surface area contributed by atoms with Crippen molar-refractivity contribution < 1.29 is 9.32 Å². The third-order valence-electron chi connectivity index (χ3n) is 3.20. The van der Waals surface area contributed by atoms with E-state index in [1.807, 2.05) is 51.2 Å². The number of rotatable bonds is 4. The van der Waals surface area contributed by atoms with E-state index in [2.05, 4.69) is 5.16 Å². The van der Waals surface area contributed by atoms with Gasteiger partial charge in [0.25, 0.3) is 0 Å². The molecule has 0 bridgehead atoms. The van der Waals surface area contributed by atoms with Gasteiger partial charge in [0.15, 0.2) is 0 Å². The minimum absolute atomic E-state index is 0.0678. The van der Waals surface area contributed by atoms with Crippen molar-refractivity contribution in [3.63, 3.8) is 0 Å². The van der Waals surface area contributed by atoms with Crippen LogP contribution in [-0.2, 0) is 17.8 Å². The second kappa shape index (κ2) is 5.69. The first-order valence-electron chi connectivity index (χ1n) is 6.27. The molecule has 0 aliphatic carbocycles. The van der Waals surface area contributed by atoms with E-state index >= 15 is 0 Å². The summed E-state index contributed by atoms with van der Waals surface area (Å²) in [5.41, 5.74) is 2.81. The van der Waals surface area contributed by atoms with Crippen LogP contribution in [0.5, 0.6) is 0 Å². The smallest absolute Gasteiger partial charge is 0.227 e. The molecular formula is C15H18N2O2. The maximum atomic E-state index is 12.2. The lowest BCUT2D eigenvalue weighted by Gasteiger charge is -2.17. The van der Waals surface area contributed by atoms with E-state index in [1.165, 1.54) is 0 Å². The maximum absolute atomic E-state index is 12.2. The molecule has 1 aromatic heterocycles. The molecule has 4 nitrogen and oxygen atoms in total. The molecule has 0 spiro atoms. The molecule has 1 heterocycles. The molecule has 0 N–H and O–H groups in total. The van der Waals surface area contributed by atoms with E-state index < -0.39 is 0 Å². The molecule has 100 valence electrons. The molecule has 4 heteroatoms. The Labute approximate surface area is 113 Å². The van der Waals surface area contributed by atoms with Gasteiger partial charge in [0.2, 0.25) is 5.91 Å². The molecule has 0 saturated carbocycles. The van der Waals surface area contributed by atoms with E-state index in [4.69, 9.17) is 4.52 Å². The van der Waals surface area contributed by atoms with Crippen molar-refractivity contribution in [2.75, 3.05) is 7.05 Å². The van der Waals surface area contributed by atoms with Crippen LogP contribution in [0.25, 0.3) is 0 Å². The summed E-state index contributed by atoms with van der Waals surface area (Å²) in [6, 6.07) is 9.94. The van der Waals surface area contributed by atoms with Gasteiger partial charge in [0.05, 0.1) is 12.1 Å². The van der Waals surface area contributed by atoms with Crippen molar-refractivity contribution in [3.8, 4) is 0 Å². The summed E-state index contributed by atoms with van der Waals surface area (Å²) in [7, 11) is 1.81. The summed E-state index contributed by atoms with van der Waals surface area (Å²) < 4.78 is 5.07. The Morgan fingerprint density at radius 2 is 1.95 bits per heavy atom. The van der Waals surface area contributed by atoms with Gasteiger partial charge in [-0.25, -0.2) is 0 Å². The largest absolute Gasteiger partial charge is 0.361 e. The summed E-state index contributed by atoms with van der Waals surface area (Å²) in [5.74, 6) is 0.789. The van der Waals surface area contributed by atoms with Crippen molar-refractivity contribution >= 4 is 5.91 Å². The van der Waals surface area contributed by atoms with Gasteiger partial charge >= 0.3 is 0 Å². The molecule has 1 aromatic carbocycles. The SMILES string of the molecule is Cc1noc(C)c1CC(=O)N(C)Cc1ccccc1. The first-order valence-corrected chi connectivity index (χ1v) is 6.27. The molecule has 0 atom stereocenters. The molecule has 2 rings (SSSR count). The van der Waals surface area contributed by atoms with Gasteiger partial charge in [-0.3, -0.25) is 4.79 Å². The predicted molar refractivity (Wildman–Crippen MR) is 72.6 cm³/mol. The first-order chi connectivity index (χ1) is 9.08. The summed E-state index contributed by atoms with van der Waals surface area (Å²) in [6.45, 7) is 4.30. The quantitative estimate of drug-likeness (QED) is 0.846. The van der Waals surface area contributed by atoms with Gasteiger partial charge in [0.1, 0.15) is 5.76 Å². The standard InChI is InChI=1S/C15H18N2O2/c1-11-14(12(2)19-16-11)9-15(18)17(3)10-13-7-5-4-6-8-13/h4-8H,9-10H2,1-3H3. The van der Waals surface area contributed by atoms with Gasteiger partial charge in [0, 0.05) is 19.2 Å². The zero-order chi connectivity index (χ0) is 13.8. The van der Waals surface area contributed by atoms with Gasteiger partial charge in [-0.2, -0.15) is 0 Å². The topological polar surface area (TPSA) is 46.3 Å². The van der Waals surface area contributed by atoms with Crippen LogP contribution < -0.4 is 0 Å². The highest BCUT2D eigenvalue weighted by atomic mass is 16.5. The lowest BCUT2D eigenvalue weighted by atomic mass is 10.1. The van der Waals surface area contributed by atoms with E-state index in [1.54, 1.807) is 4.90 Å². The number of carbonyl (C=O) groups excluding carboxylic acids is 1. The lowest BCUT2D eigenvalue weighted by molar-refractivity contribution is -0.129. The zero-order valence-corrected chi connectivity index (χ0v) is 11.5. The minimum atomic E-state index is 0.0678. The maximum Gasteiger partial charge on any atom is 0.227 e. The van der Waals surface area contributed by atoms with Gasteiger partial charge in [-0.15, -0.1) is 0 Å². The van der Waals surface area contributed by atoms with Gasteiger partial charge in [-0.1, -0.05) is 35.5 Å². The zero-order valence-electron chi connectivity index (χ0n) is 11.5. The van der Waals surface area contributed by atoms with Gasteiger partial charge < -0.3 is 9.42 Å². The molecule has 2 aromatic rings. The number of carbonyl (C=O) groups is 1. The third-order valence-corrected chi connectivity index (χ3v) is 3.20. The molecule has 0 fully saturated rings. The fourth-order valence-electron chi connectivity index (χ4n) is 1.99. The van der Waals surface area contributed by atoms with E-state index in [0.717, 1.165) is 22.6 Å². The van der Waals surface area contributed by atoms with Crippen LogP contribution in [0.2, 0.25) is 0 Å². The number of likely N-dealkylation sites (N-methyl/N-ethyl adjacent to an activating group) is 1. The van der Waals surface area contributed by atoms with Crippen LogP contribution in [-0.4, -0.2) is 23.0 Å². The van der Waals surface area contributed by atoms with Crippen LogP contribution in [0.4, 0.5) is 0 Å². The Bertz CT molecular complexity index is 541. The molecule has 0 aliphatic heterocycles. The second-order valence-corrected chi connectivity index (χ2v) is 4.71. The Morgan fingerprint density at radius 1 is 1.26 bits per heavy atom. The van der Waals surface area contributed by atoms with Crippen molar-refractivity contribution in [2.45, 2.75) is 26.8 Å². The van der Waals surface area contributed by atoms with Crippen molar-refractivity contribution in [1.82, 2.24) is 10.1 Å². The summed E-state index contributed by atoms with van der Waals surface area (Å²) in [5, 5.41) is 3.87. The summed E-state index contributed by atoms with van der Waals surface area (Å²) >= 11 is 0. The number of nitrogens with zero attached hydrogens (tertiary/aromatic N) is 2. The highest BCUT2D eigenvalue weighted by Crippen LogP contribution is 2.14. The summed E-state index contributed by atoms with van der Waals surface area (Å²) in [4.78, 5) is 13.9. The van der Waals surface area contributed by atoms with E-state index in [0.29, 0.717) is 13.0 Å².